The zero-order chi connectivity index (χ0) is 24.5. The van der Waals surface area contributed by atoms with Gasteiger partial charge in [-0.15, -0.1) is 0 Å². The van der Waals surface area contributed by atoms with Gasteiger partial charge in [0, 0.05) is 29.6 Å². The molecule has 0 aliphatic heterocycles. The van der Waals surface area contributed by atoms with Gasteiger partial charge in [0.2, 0.25) is 0 Å². The second-order valence-corrected chi connectivity index (χ2v) is 8.55. The van der Waals surface area contributed by atoms with Crippen LogP contribution >= 0.6 is 0 Å². The number of nitrogens with zero attached hydrogens (tertiary/aromatic N) is 5. The summed E-state index contributed by atoms with van der Waals surface area (Å²) in [5, 5.41) is 15.3. The van der Waals surface area contributed by atoms with E-state index in [2.05, 4.69) is 44.5 Å². The second kappa shape index (κ2) is 9.07. The van der Waals surface area contributed by atoms with Crippen LogP contribution in [0.2, 0.25) is 0 Å². The van der Waals surface area contributed by atoms with Gasteiger partial charge in [-0.1, -0.05) is 30.3 Å². The minimum Gasteiger partial charge on any atom is -0.364 e. The second-order valence-electron chi connectivity index (χ2n) is 8.55. The molecule has 2 N–H and O–H groups in total. The van der Waals surface area contributed by atoms with Gasteiger partial charge in [0.15, 0.2) is 0 Å². The molecule has 0 bridgehead atoms. The summed E-state index contributed by atoms with van der Waals surface area (Å²) in [7, 11) is 0. The lowest BCUT2D eigenvalue weighted by Crippen LogP contribution is -2.07. The highest BCUT2D eigenvalue weighted by Gasteiger charge is 2.16. The lowest BCUT2D eigenvalue weighted by molar-refractivity contribution is 0.628. The van der Waals surface area contributed by atoms with E-state index in [9.17, 15) is 4.39 Å². The first kappa shape index (κ1) is 21.7. The zero-order valence-corrected chi connectivity index (χ0v) is 19.4. The van der Waals surface area contributed by atoms with Crippen molar-refractivity contribution in [3.63, 3.8) is 0 Å². The van der Waals surface area contributed by atoms with Crippen LogP contribution < -0.4 is 5.32 Å². The Kier molecular flexibility index (Phi) is 5.46. The summed E-state index contributed by atoms with van der Waals surface area (Å²) in [5.41, 5.74) is 6.92. The van der Waals surface area contributed by atoms with Gasteiger partial charge in [-0.2, -0.15) is 10.2 Å². The Labute approximate surface area is 206 Å². The minimum atomic E-state index is -0.293. The Morgan fingerprint density at radius 3 is 2.58 bits per heavy atom. The molecule has 176 valence electrons. The normalized spacial score (nSPS) is 12.1. The molecule has 6 rings (SSSR count). The molecule has 1 unspecified atom stereocenters. The maximum Gasteiger partial charge on any atom is 0.126 e. The Balaban J connectivity index is 1.42. The minimum absolute atomic E-state index is 0.0837. The van der Waals surface area contributed by atoms with Crippen LogP contribution in [0.25, 0.3) is 39.1 Å². The molecule has 0 aliphatic carbocycles. The van der Waals surface area contributed by atoms with Crippen molar-refractivity contribution in [3.8, 4) is 28.1 Å². The molecule has 1 atom stereocenters. The molecule has 0 amide bonds. The van der Waals surface area contributed by atoms with Gasteiger partial charge < -0.3 is 5.32 Å². The number of hydrogen-bond donors (Lipinski definition) is 2. The van der Waals surface area contributed by atoms with Gasteiger partial charge in [0.25, 0.3) is 0 Å². The highest BCUT2D eigenvalue weighted by Crippen LogP contribution is 2.33. The topological polar surface area (TPSA) is 84.3 Å². The van der Waals surface area contributed by atoms with E-state index in [4.69, 9.17) is 5.10 Å². The number of aromatic nitrogens is 6. The maximum absolute atomic E-state index is 13.7. The van der Waals surface area contributed by atoms with Crippen LogP contribution in [0, 0.1) is 5.82 Å². The number of fused-ring (bicyclic) bond motifs is 1. The van der Waals surface area contributed by atoms with E-state index in [-0.39, 0.29) is 11.9 Å². The maximum atomic E-state index is 13.7. The predicted molar refractivity (Wildman–Crippen MR) is 138 cm³/mol. The van der Waals surface area contributed by atoms with Crippen LogP contribution in [0.5, 0.6) is 0 Å². The molecule has 0 saturated carbocycles. The summed E-state index contributed by atoms with van der Waals surface area (Å²) in [6.45, 7) is 2.10. The van der Waals surface area contributed by atoms with E-state index in [1.807, 2.05) is 42.6 Å². The molecule has 8 heteroatoms. The molecule has 7 nitrogen and oxygen atoms in total. The van der Waals surface area contributed by atoms with Crippen LogP contribution in [0.1, 0.15) is 18.5 Å². The molecule has 0 aliphatic rings. The smallest absolute Gasteiger partial charge is 0.126 e. The quantitative estimate of drug-likeness (QED) is 0.300. The van der Waals surface area contributed by atoms with E-state index in [0.29, 0.717) is 0 Å². The van der Waals surface area contributed by atoms with E-state index in [0.717, 1.165) is 44.9 Å². The molecular formula is C28H22FN7. The van der Waals surface area contributed by atoms with Crippen molar-refractivity contribution in [2.24, 2.45) is 0 Å². The molecule has 4 aromatic heterocycles. The number of rotatable bonds is 6. The largest absolute Gasteiger partial charge is 0.364 e. The molecule has 0 radical (unpaired) electrons. The van der Waals surface area contributed by atoms with Crippen LogP contribution in [0.15, 0.2) is 97.6 Å². The van der Waals surface area contributed by atoms with Gasteiger partial charge >= 0.3 is 0 Å². The Morgan fingerprint density at radius 2 is 1.75 bits per heavy atom. The van der Waals surface area contributed by atoms with Crippen molar-refractivity contribution in [2.45, 2.75) is 13.0 Å². The first-order chi connectivity index (χ1) is 17.6. The Hall–Kier alpha value is -4.85. The van der Waals surface area contributed by atoms with Gasteiger partial charge in [0.05, 0.1) is 23.6 Å². The van der Waals surface area contributed by atoms with Crippen molar-refractivity contribution >= 4 is 16.9 Å². The number of nitrogens with one attached hydrogen (secondary N) is 2. The number of hydrogen-bond acceptors (Lipinski definition) is 5. The highest BCUT2D eigenvalue weighted by atomic mass is 19.1. The summed E-state index contributed by atoms with van der Waals surface area (Å²) < 4.78 is 15.4. The van der Waals surface area contributed by atoms with Gasteiger partial charge in [0.1, 0.15) is 22.8 Å². The zero-order valence-electron chi connectivity index (χ0n) is 19.4. The fourth-order valence-electron chi connectivity index (χ4n) is 4.21. The van der Waals surface area contributed by atoms with Crippen molar-refractivity contribution in [2.75, 3.05) is 5.32 Å². The third-order valence-electron chi connectivity index (χ3n) is 6.11. The van der Waals surface area contributed by atoms with E-state index < -0.39 is 0 Å². The number of pyridine rings is 2. The lowest BCUT2D eigenvalue weighted by Gasteiger charge is -2.15. The standard InChI is InChI=1S/C28H22FN7/c1-18(19-5-3-2-4-6-19)33-27-13-21(11-12-30-27)24-17-36(23-14-25-26(31-15-23)16-32-34-25)35-28(24)20-7-9-22(29)10-8-20/h2-18H,1H3,(H,30,33)(H,32,34). The fraction of sp³-hybridized carbons (Fsp3) is 0.0714. The van der Waals surface area contributed by atoms with E-state index >= 15 is 0 Å². The summed E-state index contributed by atoms with van der Waals surface area (Å²) in [4.78, 5) is 8.99. The summed E-state index contributed by atoms with van der Waals surface area (Å²) in [5.74, 6) is 0.459. The van der Waals surface area contributed by atoms with Crippen molar-refractivity contribution in [3.05, 3.63) is 109 Å². The molecular weight excluding hydrogens is 453 g/mol. The van der Waals surface area contributed by atoms with E-state index in [1.165, 1.54) is 17.7 Å². The first-order valence-corrected chi connectivity index (χ1v) is 11.6. The first-order valence-electron chi connectivity index (χ1n) is 11.6. The van der Waals surface area contributed by atoms with Gasteiger partial charge in [-0.3, -0.25) is 10.1 Å². The van der Waals surface area contributed by atoms with Crippen LogP contribution in [-0.2, 0) is 0 Å². The number of aromatic amines is 1. The number of anilines is 1. The number of H-pyrrole nitrogens is 1. The summed E-state index contributed by atoms with van der Waals surface area (Å²) in [6.07, 6.45) is 7.17. The van der Waals surface area contributed by atoms with Gasteiger partial charge in [-0.05, 0) is 60.5 Å². The number of benzene rings is 2. The molecule has 6 aromatic rings. The lowest BCUT2D eigenvalue weighted by atomic mass is 10.0. The molecule has 0 spiro atoms. The van der Waals surface area contributed by atoms with Crippen molar-refractivity contribution in [1.82, 2.24) is 29.9 Å². The van der Waals surface area contributed by atoms with Crippen LogP contribution in [-0.4, -0.2) is 29.9 Å². The van der Waals surface area contributed by atoms with Crippen LogP contribution in [0.3, 0.4) is 0 Å². The highest BCUT2D eigenvalue weighted by molar-refractivity contribution is 5.82. The number of halogens is 1. The molecule has 0 saturated heterocycles. The molecule has 2 aromatic carbocycles. The predicted octanol–water partition coefficient (Wildman–Crippen LogP) is 6.18. The molecule has 4 heterocycles. The van der Waals surface area contributed by atoms with Gasteiger partial charge in [-0.25, -0.2) is 14.1 Å². The summed E-state index contributed by atoms with van der Waals surface area (Å²) in [6, 6.07) is 22.6. The molecule has 0 fully saturated rings. The van der Waals surface area contributed by atoms with Crippen LogP contribution in [0.4, 0.5) is 10.2 Å². The Bertz CT molecular complexity index is 1640. The monoisotopic (exact) mass is 475 g/mol. The van der Waals surface area contributed by atoms with Crippen molar-refractivity contribution < 1.29 is 4.39 Å². The fourth-order valence-corrected chi connectivity index (χ4v) is 4.21. The Morgan fingerprint density at radius 1 is 0.917 bits per heavy atom. The van der Waals surface area contributed by atoms with Crippen molar-refractivity contribution in [1.29, 1.82) is 0 Å². The third kappa shape index (κ3) is 4.20. The van der Waals surface area contributed by atoms with E-state index in [1.54, 1.807) is 35.4 Å². The third-order valence-corrected chi connectivity index (χ3v) is 6.11. The average Bonchev–Trinajstić information content (AvgIpc) is 3.57. The SMILES string of the molecule is CC(Nc1cc(-c2cn(-c3cnc4cn[nH]c4c3)nc2-c2ccc(F)cc2)ccn1)c1ccccc1. The molecule has 36 heavy (non-hydrogen) atoms. The summed E-state index contributed by atoms with van der Waals surface area (Å²) >= 11 is 0. The average molecular weight is 476 g/mol.